The average Bonchev–Trinajstić information content (AvgIpc) is 2.41. The molecule has 1 heterocycles. The van der Waals surface area contributed by atoms with Crippen LogP contribution in [0, 0.1) is 11.7 Å². The van der Waals surface area contributed by atoms with Gasteiger partial charge in [-0.05, 0) is 36.5 Å². The number of hydrogen-bond donors (Lipinski definition) is 0. The Hall–Kier alpha value is -0.980. The zero-order valence-corrected chi connectivity index (χ0v) is 12.7. The van der Waals surface area contributed by atoms with Gasteiger partial charge in [-0.2, -0.15) is 17.0 Å². The number of hydrogen-bond acceptors (Lipinski definition) is 2. The highest BCUT2D eigenvalue weighted by Crippen LogP contribution is 2.21. The van der Waals surface area contributed by atoms with Crippen molar-refractivity contribution in [1.82, 2.24) is 8.61 Å². The van der Waals surface area contributed by atoms with E-state index < -0.39 is 10.2 Å². The van der Waals surface area contributed by atoms with Crippen molar-refractivity contribution in [2.75, 3.05) is 20.1 Å². The molecule has 2 rings (SSSR count). The van der Waals surface area contributed by atoms with Crippen LogP contribution in [0.25, 0.3) is 0 Å². The number of rotatable bonds is 4. The maximum absolute atomic E-state index is 12.9. The van der Waals surface area contributed by atoms with Crippen LogP contribution in [0.15, 0.2) is 24.3 Å². The first-order valence-electron chi connectivity index (χ1n) is 6.85. The van der Waals surface area contributed by atoms with Crippen LogP contribution in [-0.2, 0) is 16.8 Å². The van der Waals surface area contributed by atoms with Gasteiger partial charge in [0.2, 0.25) is 0 Å². The molecule has 0 spiro atoms. The van der Waals surface area contributed by atoms with Crippen molar-refractivity contribution in [1.29, 1.82) is 0 Å². The highest BCUT2D eigenvalue weighted by atomic mass is 32.2. The minimum absolute atomic E-state index is 0.257. The molecule has 1 saturated heterocycles. The summed E-state index contributed by atoms with van der Waals surface area (Å²) in [6, 6.07) is 5.91. The summed E-state index contributed by atoms with van der Waals surface area (Å²) in [7, 11) is -1.86. The fourth-order valence-electron chi connectivity index (χ4n) is 2.48. The van der Waals surface area contributed by atoms with Gasteiger partial charge in [0.1, 0.15) is 5.82 Å². The SMILES string of the molecule is CC1CCCN(S(=O)(=O)N(C)Cc2ccc(F)cc2)C1. The third-order valence-corrected chi connectivity index (χ3v) is 5.56. The topological polar surface area (TPSA) is 40.6 Å². The van der Waals surface area contributed by atoms with Crippen molar-refractivity contribution in [3.05, 3.63) is 35.6 Å². The maximum atomic E-state index is 12.9. The lowest BCUT2D eigenvalue weighted by Crippen LogP contribution is -2.45. The van der Waals surface area contributed by atoms with Crippen molar-refractivity contribution in [3.8, 4) is 0 Å². The molecule has 1 aromatic carbocycles. The first-order valence-corrected chi connectivity index (χ1v) is 8.25. The van der Waals surface area contributed by atoms with E-state index in [1.807, 2.05) is 0 Å². The van der Waals surface area contributed by atoms with E-state index in [4.69, 9.17) is 0 Å². The van der Waals surface area contributed by atoms with Gasteiger partial charge in [0, 0.05) is 26.7 Å². The van der Waals surface area contributed by atoms with Crippen molar-refractivity contribution >= 4 is 10.2 Å². The summed E-state index contributed by atoms with van der Waals surface area (Å²) in [5.41, 5.74) is 0.780. The summed E-state index contributed by atoms with van der Waals surface area (Å²) in [6.07, 6.45) is 1.98. The molecule has 4 nitrogen and oxygen atoms in total. The summed E-state index contributed by atoms with van der Waals surface area (Å²) in [4.78, 5) is 0. The first kappa shape index (κ1) is 15.4. The van der Waals surface area contributed by atoms with E-state index in [0.717, 1.165) is 18.4 Å². The normalized spacial score (nSPS) is 21.3. The zero-order chi connectivity index (χ0) is 14.8. The summed E-state index contributed by atoms with van der Waals surface area (Å²) in [5.74, 6) is 0.0851. The Balaban J connectivity index is 2.06. The summed E-state index contributed by atoms with van der Waals surface area (Å²) >= 11 is 0. The van der Waals surface area contributed by atoms with Gasteiger partial charge in [-0.15, -0.1) is 0 Å². The average molecular weight is 300 g/mol. The van der Waals surface area contributed by atoms with E-state index in [0.29, 0.717) is 19.0 Å². The Morgan fingerprint density at radius 3 is 2.60 bits per heavy atom. The molecule has 6 heteroatoms. The summed E-state index contributed by atoms with van der Waals surface area (Å²) < 4.78 is 40.7. The molecule has 0 aliphatic carbocycles. The Morgan fingerprint density at radius 1 is 1.35 bits per heavy atom. The van der Waals surface area contributed by atoms with E-state index in [1.54, 1.807) is 23.5 Å². The molecular formula is C14H21FN2O2S. The molecule has 0 saturated carbocycles. The fourth-order valence-corrected chi connectivity index (χ4v) is 3.99. The smallest absolute Gasteiger partial charge is 0.207 e. The summed E-state index contributed by atoms with van der Waals surface area (Å²) in [5, 5.41) is 0. The van der Waals surface area contributed by atoms with Crippen LogP contribution in [-0.4, -0.2) is 37.2 Å². The molecule has 1 fully saturated rings. The molecular weight excluding hydrogens is 279 g/mol. The second kappa shape index (κ2) is 6.20. The standard InChI is InChI=1S/C14H21FN2O2S/c1-12-4-3-9-17(10-12)20(18,19)16(2)11-13-5-7-14(15)8-6-13/h5-8,12H,3-4,9-11H2,1-2H3. The lowest BCUT2D eigenvalue weighted by molar-refractivity contribution is 0.263. The molecule has 0 aromatic heterocycles. The molecule has 1 atom stereocenters. The van der Waals surface area contributed by atoms with Gasteiger partial charge in [-0.3, -0.25) is 0 Å². The van der Waals surface area contributed by atoms with Crippen LogP contribution < -0.4 is 0 Å². The Kier molecular flexibility index (Phi) is 4.78. The van der Waals surface area contributed by atoms with E-state index in [1.165, 1.54) is 16.4 Å². The number of piperidine rings is 1. The van der Waals surface area contributed by atoms with Gasteiger partial charge in [-0.1, -0.05) is 19.1 Å². The number of nitrogens with zero attached hydrogens (tertiary/aromatic N) is 2. The summed E-state index contributed by atoms with van der Waals surface area (Å²) in [6.45, 7) is 3.49. The van der Waals surface area contributed by atoms with Crippen molar-refractivity contribution in [2.45, 2.75) is 26.3 Å². The van der Waals surface area contributed by atoms with Crippen molar-refractivity contribution < 1.29 is 12.8 Å². The third-order valence-electron chi connectivity index (χ3n) is 3.66. The second-order valence-corrected chi connectivity index (χ2v) is 7.53. The van der Waals surface area contributed by atoms with E-state index in [-0.39, 0.29) is 12.4 Å². The van der Waals surface area contributed by atoms with E-state index >= 15 is 0 Å². The van der Waals surface area contributed by atoms with E-state index in [2.05, 4.69) is 6.92 Å². The highest BCUT2D eigenvalue weighted by Gasteiger charge is 2.30. The van der Waals surface area contributed by atoms with Crippen LogP contribution in [0.2, 0.25) is 0 Å². The fraction of sp³-hybridized carbons (Fsp3) is 0.571. The van der Waals surface area contributed by atoms with Gasteiger partial charge in [0.15, 0.2) is 0 Å². The monoisotopic (exact) mass is 300 g/mol. The minimum atomic E-state index is -3.43. The predicted molar refractivity (Wildman–Crippen MR) is 76.8 cm³/mol. The number of benzene rings is 1. The van der Waals surface area contributed by atoms with Gasteiger partial charge >= 0.3 is 0 Å². The van der Waals surface area contributed by atoms with Crippen LogP contribution >= 0.6 is 0 Å². The second-order valence-electron chi connectivity index (χ2n) is 5.50. The van der Waals surface area contributed by atoms with Crippen LogP contribution in [0.5, 0.6) is 0 Å². The first-order chi connectivity index (χ1) is 9.39. The Labute approximate surface area is 120 Å². The molecule has 1 aromatic rings. The molecule has 1 aliphatic heterocycles. The van der Waals surface area contributed by atoms with Gasteiger partial charge in [0.25, 0.3) is 10.2 Å². The molecule has 0 radical (unpaired) electrons. The molecule has 0 bridgehead atoms. The van der Waals surface area contributed by atoms with E-state index in [9.17, 15) is 12.8 Å². The van der Waals surface area contributed by atoms with Crippen molar-refractivity contribution in [3.63, 3.8) is 0 Å². The van der Waals surface area contributed by atoms with Gasteiger partial charge < -0.3 is 0 Å². The molecule has 20 heavy (non-hydrogen) atoms. The zero-order valence-electron chi connectivity index (χ0n) is 11.9. The lowest BCUT2D eigenvalue weighted by Gasteiger charge is -2.33. The van der Waals surface area contributed by atoms with Gasteiger partial charge in [-0.25, -0.2) is 4.39 Å². The molecule has 1 unspecified atom stereocenters. The number of halogens is 1. The predicted octanol–water partition coefficient (Wildman–Crippen LogP) is 2.23. The van der Waals surface area contributed by atoms with Gasteiger partial charge in [0.05, 0.1) is 0 Å². The molecule has 112 valence electrons. The largest absolute Gasteiger partial charge is 0.282 e. The molecule has 1 aliphatic rings. The quantitative estimate of drug-likeness (QED) is 0.855. The van der Waals surface area contributed by atoms with Crippen molar-refractivity contribution in [2.24, 2.45) is 5.92 Å². The highest BCUT2D eigenvalue weighted by molar-refractivity contribution is 7.86. The molecule has 0 N–H and O–H groups in total. The van der Waals surface area contributed by atoms with Crippen LogP contribution in [0.4, 0.5) is 4.39 Å². The Morgan fingerprint density at radius 2 is 2.00 bits per heavy atom. The van der Waals surface area contributed by atoms with Crippen LogP contribution in [0.3, 0.4) is 0 Å². The third kappa shape index (κ3) is 3.56. The Bertz CT molecular complexity index is 545. The lowest BCUT2D eigenvalue weighted by atomic mass is 10.0. The minimum Gasteiger partial charge on any atom is -0.207 e. The van der Waals surface area contributed by atoms with Crippen LogP contribution in [0.1, 0.15) is 25.3 Å². The molecule has 0 amide bonds. The maximum Gasteiger partial charge on any atom is 0.282 e.